The van der Waals surface area contributed by atoms with E-state index in [0.717, 1.165) is 31.1 Å². The molecule has 27 heavy (non-hydrogen) atoms. The lowest BCUT2D eigenvalue weighted by molar-refractivity contribution is -0.134. The van der Waals surface area contributed by atoms with Crippen molar-refractivity contribution in [2.45, 2.75) is 58.3 Å². The fourth-order valence-electron chi connectivity index (χ4n) is 2.23. The molecule has 0 radical (unpaired) electrons. The standard InChI is InChI=1S/C21H30O4S2/c1-3-5-6-9-16-26-27-17-10-7-8-11-21(23)25-19-14-12-18(13-15-19)24-20(22)4-2/h4,12-15H,2-3,5-11,16-17H2,1H3. The van der Waals surface area contributed by atoms with Gasteiger partial charge in [0.05, 0.1) is 0 Å². The molecule has 0 aromatic heterocycles. The van der Waals surface area contributed by atoms with E-state index in [9.17, 15) is 9.59 Å². The molecule has 0 heterocycles. The van der Waals surface area contributed by atoms with Crippen molar-refractivity contribution in [3.05, 3.63) is 36.9 Å². The lowest BCUT2D eigenvalue weighted by atomic mass is 10.2. The first kappa shape index (κ1) is 23.6. The first-order valence-electron chi connectivity index (χ1n) is 9.55. The summed E-state index contributed by atoms with van der Waals surface area (Å²) in [6.45, 7) is 5.57. The Morgan fingerprint density at radius 2 is 1.44 bits per heavy atom. The van der Waals surface area contributed by atoms with Gasteiger partial charge in [0, 0.05) is 24.0 Å². The summed E-state index contributed by atoms with van der Waals surface area (Å²) in [5.41, 5.74) is 0. The molecule has 0 N–H and O–H groups in total. The molecule has 1 rings (SSSR count). The normalized spacial score (nSPS) is 10.4. The maximum absolute atomic E-state index is 11.9. The van der Waals surface area contributed by atoms with Gasteiger partial charge in [-0.3, -0.25) is 4.79 Å². The Bertz CT molecular complexity index is 558. The van der Waals surface area contributed by atoms with E-state index in [4.69, 9.17) is 9.47 Å². The zero-order valence-corrected chi connectivity index (χ0v) is 17.7. The second-order valence-electron chi connectivity index (χ2n) is 6.09. The van der Waals surface area contributed by atoms with Crippen LogP contribution >= 0.6 is 21.6 Å². The second-order valence-corrected chi connectivity index (χ2v) is 8.79. The minimum atomic E-state index is -0.521. The van der Waals surface area contributed by atoms with Gasteiger partial charge in [-0.1, -0.05) is 60.8 Å². The molecule has 0 bridgehead atoms. The van der Waals surface area contributed by atoms with Gasteiger partial charge in [-0.25, -0.2) is 4.79 Å². The van der Waals surface area contributed by atoms with Crippen LogP contribution in [0.2, 0.25) is 0 Å². The Hall–Kier alpha value is -1.40. The van der Waals surface area contributed by atoms with Crippen molar-refractivity contribution in [3.8, 4) is 11.5 Å². The SMILES string of the molecule is C=CC(=O)Oc1ccc(OC(=O)CCCCCSSCCCCCC)cc1. The third-order valence-electron chi connectivity index (χ3n) is 3.71. The predicted molar refractivity (Wildman–Crippen MR) is 115 cm³/mol. The molecule has 0 spiro atoms. The van der Waals surface area contributed by atoms with Crippen molar-refractivity contribution in [1.82, 2.24) is 0 Å². The molecule has 1 aromatic rings. The minimum absolute atomic E-state index is 0.233. The number of rotatable bonds is 15. The number of hydrogen-bond acceptors (Lipinski definition) is 6. The van der Waals surface area contributed by atoms with Crippen molar-refractivity contribution in [1.29, 1.82) is 0 Å². The van der Waals surface area contributed by atoms with Gasteiger partial charge in [0.1, 0.15) is 11.5 Å². The van der Waals surface area contributed by atoms with Gasteiger partial charge in [-0.05, 0) is 43.5 Å². The molecule has 6 heteroatoms. The second kappa shape index (κ2) is 15.6. The number of benzene rings is 1. The molecule has 0 saturated heterocycles. The van der Waals surface area contributed by atoms with Crippen molar-refractivity contribution < 1.29 is 19.1 Å². The summed E-state index contributed by atoms with van der Waals surface area (Å²) in [5, 5.41) is 0. The highest BCUT2D eigenvalue weighted by Crippen LogP contribution is 2.24. The number of hydrogen-bond donors (Lipinski definition) is 0. The number of unbranched alkanes of at least 4 members (excludes halogenated alkanes) is 5. The number of carbonyl (C=O) groups excluding carboxylic acids is 2. The lowest BCUT2D eigenvalue weighted by Crippen LogP contribution is -2.07. The van der Waals surface area contributed by atoms with Crippen LogP contribution in [0.4, 0.5) is 0 Å². The Balaban J connectivity index is 2.04. The molecule has 0 fully saturated rings. The van der Waals surface area contributed by atoms with E-state index in [2.05, 4.69) is 13.5 Å². The Kier molecular flexibility index (Phi) is 13.7. The van der Waals surface area contributed by atoms with Crippen molar-refractivity contribution >= 4 is 33.5 Å². The van der Waals surface area contributed by atoms with Gasteiger partial charge in [0.15, 0.2) is 0 Å². The average Bonchev–Trinajstić information content (AvgIpc) is 2.67. The molecule has 0 aliphatic rings. The molecule has 0 amide bonds. The highest BCUT2D eigenvalue weighted by molar-refractivity contribution is 8.76. The summed E-state index contributed by atoms with van der Waals surface area (Å²) in [6.07, 6.45) is 9.81. The van der Waals surface area contributed by atoms with E-state index >= 15 is 0 Å². The topological polar surface area (TPSA) is 52.6 Å². The van der Waals surface area contributed by atoms with Crippen LogP contribution in [-0.4, -0.2) is 23.4 Å². The van der Waals surface area contributed by atoms with Crippen LogP contribution in [0, 0.1) is 0 Å². The van der Waals surface area contributed by atoms with Crippen LogP contribution < -0.4 is 9.47 Å². The van der Waals surface area contributed by atoms with Crippen LogP contribution in [0.15, 0.2) is 36.9 Å². The van der Waals surface area contributed by atoms with E-state index in [1.807, 2.05) is 21.6 Å². The average molecular weight is 411 g/mol. The van der Waals surface area contributed by atoms with Crippen molar-refractivity contribution in [3.63, 3.8) is 0 Å². The van der Waals surface area contributed by atoms with E-state index in [1.54, 1.807) is 24.3 Å². The predicted octanol–water partition coefficient (Wildman–Crippen LogP) is 6.21. The van der Waals surface area contributed by atoms with Crippen molar-refractivity contribution in [2.24, 2.45) is 0 Å². The van der Waals surface area contributed by atoms with Gasteiger partial charge in [-0.15, -0.1) is 0 Å². The Morgan fingerprint density at radius 3 is 2.00 bits per heavy atom. The molecule has 1 aromatic carbocycles. The third kappa shape index (κ3) is 12.6. The highest BCUT2D eigenvalue weighted by Gasteiger charge is 2.06. The van der Waals surface area contributed by atoms with Gasteiger partial charge in [-0.2, -0.15) is 0 Å². The molecular formula is C21H30O4S2. The quantitative estimate of drug-likeness (QED) is 0.113. The smallest absolute Gasteiger partial charge is 0.335 e. The fraction of sp³-hybridized carbons (Fsp3) is 0.524. The van der Waals surface area contributed by atoms with Gasteiger partial charge >= 0.3 is 11.9 Å². The van der Waals surface area contributed by atoms with E-state index in [0.29, 0.717) is 17.9 Å². The third-order valence-corrected chi connectivity index (χ3v) is 6.29. The molecule has 4 nitrogen and oxygen atoms in total. The summed E-state index contributed by atoms with van der Waals surface area (Å²) in [6, 6.07) is 6.39. The minimum Gasteiger partial charge on any atom is -0.427 e. The summed E-state index contributed by atoms with van der Waals surface area (Å²) < 4.78 is 10.3. The van der Waals surface area contributed by atoms with Crippen LogP contribution in [0.1, 0.15) is 58.3 Å². The van der Waals surface area contributed by atoms with Crippen LogP contribution in [0.5, 0.6) is 11.5 Å². The highest BCUT2D eigenvalue weighted by atomic mass is 33.1. The molecule has 0 aliphatic carbocycles. The zero-order valence-electron chi connectivity index (χ0n) is 16.1. The number of carbonyl (C=O) groups is 2. The first-order chi connectivity index (χ1) is 13.2. The maximum atomic E-state index is 11.9. The largest absolute Gasteiger partial charge is 0.427 e. The van der Waals surface area contributed by atoms with Crippen LogP contribution in [0.3, 0.4) is 0 Å². The summed E-state index contributed by atoms with van der Waals surface area (Å²) in [7, 11) is 3.90. The molecule has 0 atom stereocenters. The van der Waals surface area contributed by atoms with E-state index in [-0.39, 0.29) is 5.97 Å². The summed E-state index contributed by atoms with van der Waals surface area (Å²) >= 11 is 0. The Morgan fingerprint density at radius 1 is 0.889 bits per heavy atom. The van der Waals surface area contributed by atoms with E-state index in [1.165, 1.54) is 31.4 Å². The fourth-order valence-corrected chi connectivity index (χ4v) is 4.52. The zero-order chi connectivity index (χ0) is 19.7. The number of esters is 2. The maximum Gasteiger partial charge on any atom is 0.335 e. The summed E-state index contributed by atoms with van der Waals surface area (Å²) in [4.78, 5) is 23.0. The summed E-state index contributed by atoms with van der Waals surface area (Å²) in [5.74, 6) is 2.46. The van der Waals surface area contributed by atoms with E-state index < -0.39 is 5.97 Å². The number of ether oxygens (including phenoxy) is 2. The molecule has 0 aliphatic heterocycles. The molecule has 150 valence electrons. The molecule has 0 unspecified atom stereocenters. The van der Waals surface area contributed by atoms with Crippen LogP contribution in [-0.2, 0) is 9.59 Å². The monoisotopic (exact) mass is 410 g/mol. The van der Waals surface area contributed by atoms with Gasteiger partial charge in [0.25, 0.3) is 0 Å². The Labute approximate surface area is 170 Å². The van der Waals surface area contributed by atoms with Crippen molar-refractivity contribution in [2.75, 3.05) is 11.5 Å². The lowest BCUT2D eigenvalue weighted by Gasteiger charge is -2.06. The first-order valence-corrected chi connectivity index (χ1v) is 12.0. The molecular weight excluding hydrogens is 380 g/mol. The van der Waals surface area contributed by atoms with Gasteiger partial charge < -0.3 is 9.47 Å². The molecule has 0 saturated carbocycles. The van der Waals surface area contributed by atoms with Gasteiger partial charge in [0.2, 0.25) is 0 Å². The van der Waals surface area contributed by atoms with Crippen LogP contribution in [0.25, 0.3) is 0 Å².